The third-order valence-corrected chi connectivity index (χ3v) is 4.36. The molecule has 0 spiro atoms. The fraction of sp³-hybridized carbons (Fsp3) is 0.429. The zero-order chi connectivity index (χ0) is 18.8. The summed E-state index contributed by atoms with van der Waals surface area (Å²) in [6.45, 7) is 7.09. The molecule has 2 aromatic rings. The van der Waals surface area contributed by atoms with E-state index in [1.54, 1.807) is 19.2 Å². The molecular weight excluding hydrogens is 331 g/mol. The third-order valence-electron chi connectivity index (χ3n) is 4.36. The molecule has 0 radical (unpaired) electrons. The lowest BCUT2D eigenvalue weighted by atomic mass is 10.2. The molecule has 0 amide bonds. The van der Waals surface area contributed by atoms with E-state index in [0.29, 0.717) is 26.1 Å². The minimum atomic E-state index is -0.384. The van der Waals surface area contributed by atoms with Gasteiger partial charge in [0.2, 0.25) is 0 Å². The quantitative estimate of drug-likeness (QED) is 0.589. The van der Waals surface area contributed by atoms with Gasteiger partial charge in [0.1, 0.15) is 5.82 Å². The van der Waals surface area contributed by atoms with Gasteiger partial charge in [0.25, 0.3) is 0 Å². The van der Waals surface area contributed by atoms with E-state index in [2.05, 4.69) is 22.1 Å². The minimum absolute atomic E-state index is 0.222. The van der Waals surface area contributed by atoms with Crippen LogP contribution in [0.4, 0.5) is 4.39 Å². The maximum absolute atomic E-state index is 13.1. The van der Waals surface area contributed by atoms with E-state index >= 15 is 0 Å². The number of rotatable bonds is 12. The first kappa shape index (κ1) is 20.4. The lowest BCUT2D eigenvalue weighted by Crippen LogP contribution is -2.35. The van der Waals surface area contributed by atoms with Gasteiger partial charge >= 0.3 is 0 Å². The van der Waals surface area contributed by atoms with Crippen molar-refractivity contribution in [3.63, 3.8) is 0 Å². The Kier molecular flexibility index (Phi) is 8.54. The van der Waals surface area contributed by atoms with Gasteiger partial charge in [-0.25, -0.2) is 4.39 Å². The van der Waals surface area contributed by atoms with Crippen LogP contribution in [0.25, 0.3) is 0 Å². The van der Waals surface area contributed by atoms with Gasteiger partial charge in [-0.1, -0.05) is 18.2 Å². The third kappa shape index (κ3) is 6.75. The molecule has 2 rings (SSSR count). The molecule has 5 heteroatoms. The molecule has 0 saturated heterocycles. The number of halogens is 1. The first-order valence-electron chi connectivity index (χ1n) is 9.01. The molecule has 26 heavy (non-hydrogen) atoms. The lowest BCUT2D eigenvalue weighted by molar-refractivity contribution is 0.0797. The van der Waals surface area contributed by atoms with E-state index < -0.39 is 0 Å². The summed E-state index contributed by atoms with van der Waals surface area (Å²) >= 11 is 0. The van der Waals surface area contributed by atoms with Crippen LogP contribution in [0.3, 0.4) is 0 Å². The Balaban J connectivity index is 2.01. The Morgan fingerprint density at radius 1 is 1.31 bits per heavy atom. The molecule has 0 bridgehead atoms. The first-order chi connectivity index (χ1) is 12.6. The van der Waals surface area contributed by atoms with Gasteiger partial charge in [0, 0.05) is 45.2 Å². The first-order valence-corrected chi connectivity index (χ1v) is 9.01. The average molecular weight is 360 g/mol. The van der Waals surface area contributed by atoms with E-state index in [1.807, 2.05) is 18.3 Å². The zero-order valence-electron chi connectivity index (χ0n) is 15.5. The Morgan fingerprint density at radius 2 is 2.08 bits per heavy atom. The number of hydrogen-bond acceptors (Lipinski definition) is 3. The molecule has 1 aromatic heterocycles. The monoisotopic (exact) mass is 360 g/mol. The van der Waals surface area contributed by atoms with Gasteiger partial charge in [0.15, 0.2) is 0 Å². The molecule has 0 aliphatic carbocycles. The van der Waals surface area contributed by atoms with Gasteiger partial charge in [-0.15, -0.1) is 6.58 Å². The summed E-state index contributed by atoms with van der Waals surface area (Å²) in [6.07, 6.45) is 4.99. The summed E-state index contributed by atoms with van der Waals surface area (Å²) in [5.41, 5.74) is 2.21. The highest BCUT2D eigenvalue weighted by molar-refractivity contribution is 5.18. The van der Waals surface area contributed by atoms with Crippen molar-refractivity contribution in [2.24, 2.45) is 0 Å². The molecule has 1 atom stereocenters. The predicted molar refractivity (Wildman–Crippen MR) is 103 cm³/mol. The van der Waals surface area contributed by atoms with Crippen LogP contribution in [0.1, 0.15) is 24.1 Å². The van der Waals surface area contributed by atoms with E-state index in [4.69, 9.17) is 4.74 Å². The van der Waals surface area contributed by atoms with Crippen LogP contribution < -0.4 is 0 Å². The molecule has 1 heterocycles. The maximum Gasteiger partial charge on any atom is 0.123 e. The van der Waals surface area contributed by atoms with Crippen LogP contribution >= 0.6 is 0 Å². The van der Waals surface area contributed by atoms with Crippen molar-refractivity contribution in [2.45, 2.75) is 32.0 Å². The number of benzene rings is 1. The number of aromatic nitrogens is 1. The Morgan fingerprint density at radius 3 is 2.77 bits per heavy atom. The highest BCUT2D eigenvalue weighted by Crippen LogP contribution is 2.12. The van der Waals surface area contributed by atoms with Crippen LogP contribution in [0.2, 0.25) is 0 Å². The second-order valence-electron chi connectivity index (χ2n) is 6.50. The largest absolute Gasteiger partial charge is 0.392 e. The Labute approximate surface area is 155 Å². The van der Waals surface area contributed by atoms with Crippen LogP contribution in [0, 0.1) is 5.82 Å². The molecule has 142 valence electrons. The van der Waals surface area contributed by atoms with Crippen molar-refractivity contribution in [2.75, 3.05) is 26.8 Å². The van der Waals surface area contributed by atoms with Crippen molar-refractivity contribution in [1.82, 2.24) is 9.47 Å². The second-order valence-corrected chi connectivity index (χ2v) is 6.50. The molecule has 0 aliphatic heterocycles. The highest BCUT2D eigenvalue weighted by Gasteiger charge is 2.14. The van der Waals surface area contributed by atoms with E-state index in [9.17, 15) is 9.50 Å². The number of aliphatic hydroxyl groups excluding tert-OH is 1. The van der Waals surface area contributed by atoms with Crippen molar-refractivity contribution in [3.05, 3.63) is 72.3 Å². The summed E-state index contributed by atoms with van der Waals surface area (Å²) in [7, 11) is 1.68. The number of nitrogens with zero attached hydrogens (tertiary/aromatic N) is 2. The average Bonchev–Trinajstić information content (AvgIpc) is 3.06. The SMILES string of the molecule is C=CCC[C@@H](O)CN(CCOC)Cc1cccn1Cc1ccc(F)cc1. The van der Waals surface area contributed by atoms with Crippen molar-refractivity contribution >= 4 is 0 Å². The summed E-state index contributed by atoms with van der Waals surface area (Å²) in [6, 6.07) is 10.7. The van der Waals surface area contributed by atoms with Crippen LogP contribution in [0.5, 0.6) is 0 Å². The molecule has 0 fully saturated rings. The van der Waals surface area contributed by atoms with Crippen LogP contribution in [-0.2, 0) is 17.8 Å². The van der Waals surface area contributed by atoms with E-state index in [-0.39, 0.29) is 11.9 Å². The van der Waals surface area contributed by atoms with Crippen molar-refractivity contribution in [3.8, 4) is 0 Å². The Bertz CT molecular complexity index is 654. The fourth-order valence-corrected chi connectivity index (χ4v) is 2.92. The second kappa shape index (κ2) is 10.9. The number of allylic oxidation sites excluding steroid dienone is 1. The predicted octanol–water partition coefficient (Wildman–Crippen LogP) is 3.45. The smallest absolute Gasteiger partial charge is 0.123 e. The van der Waals surface area contributed by atoms with Crippen molar-refractivity contribution in [1.29, 1.82) is 0 Å². The maximum atomic E-state index is 13.1. The number of methoxy groups -OCH3 is 1. The Hall–Kier alpha value is -1.95. The van der Waals surface area contributed by atoms with E-state index in [1.165, 1.54) is 12.1 Å². The van der Waals surface area contributed by atoms with Crippen molar-refractivity contribution < 1.29 is 14.2 Å². The van der Waals surface area contributed by atoms with Gasteiger partial charge in [-0.05, 0) is 42.7 Å². The molecule has 1 N–H and O–H groups in total. The molecular formula is C21H29FN2O2. The highest BCUT2D eigenvalue weighted by atomic mass is 19.1. The number of hydrogen-bond donors (Lipinski definition) is 1. The normalized spacial score (nSPS) is 12.5. The van der Waals surface area contributed by atoms with Gasteiger partial charge in [0.05, 0.1) is 12.7 Å². The van der Waals surface area contributed by atoms with Crippen LogP contribution in [0.15, 0.2) is 55.3 Å². The van der Waals surface area contributed by atoms with Gasteiger partial charge in [-0.3, -0.25) is 4.90 Å². The summed E-state index contributed by atoms with van der Waals surface area (Å²) < 4.78 is 20.5. The summed E-state index contributed by atoms with van der Waals surface area (Å²) in [5.74, 6) is -0.222. The number of aliphatic hydroxyl groups is 1. The zero-order valence-corrected chi connectivity index (χ0v) is 15.5. The summed E-state index contributed by atoms with van der Waals surface area (Å²) in [5, 5.41) is 10.2. The van der Waals surface area contributed by atoms with Gasteiger partial charge in [-0.2, -0.15) is 0 Å². The molecule has 1 aromatic carbocycles. The molecule has 0 saturated carbocycles. The minimum Gasteiger partial charge on any atom is -0.392 e. The number of ether oxygens (including phenoxy) is 1. The van der Waals surface area contributed by atoms with Crippen LogP contribution in [-0.4, -0.2) is 47.5 Å². The standard InChI is InChI=1S/C21H29FN2O2/c1-3-4-7-21(25)17-23(13-14-26-2)16-20-6-5-12-24(20)15-18-8-10-19(22)11-9-18/h3,5-6,8-12,21,25H,1,4,7,13-17H2,2H3/t21-/m1/s1. The lowest BCUT2D eigenvalue weighted by Gasteiger charge is -2.25. The topological polar surface area (TPSA) is 37.6 Å². The fourth-order valence-electron chi connectivity index (χ4n) is 2.92. The van der Waals surface area contributed by atoms with E-state index in [0.717, 1.165) is 30.8 Å². The molecule has 0 unspecified atom stereocenters. The molecule has 4 nitrogen and oxygen atoms in total. The summed E-state index contributed by atoms with van der Waals surface area (Å²) in [4.78, 5) is 2.20. The molecule has 0 aliphatic rings. The van der Waals surface area contributed by atoms with Gasteiger partial charge < -0.3 is 14.4 Å².